The van der Waals surface area contributed by atoms with Crippen LogP contribution in [0.1, 0.15) is 17.3 Å². The van der Waals surface area contributed by atoms with Crippen molar-refractivity contribution in [2.24, 2.45) is 0 Å². The van der Waals surface area contributed by atoms with Crippen LogP contribution >= 0.6 is 11.6 Å². The van der Waals surface area contributed by atoms with Crippen molar-refractivity contribution in [3.63, 3.8) is 0 Å². The van der Waals surface area contributed by atoms with Gasteiger partial charge < -0.3 is 9.47 Å². The van der Waals surface area contributed by atoms with Crippen LogP contribution in [0.4, 0.5) is 0 Å². The van der Waals surface area contributed by atoms with Crippen LogP contribution in [0.2, 0.25) is 5.02 Å². The molecule has 0 N–H and O–H groups in total. The van der Waals surface area contributed by atoms with Crippen molar-refractivity contribution in [2.75, 3.05) is 6.61 Å². The molecule has 0 spiro atoms. The second-order valence-corrected chi connectivity index (χ2v) is 5.84. The summed E-state index contributed by atoms with van der Waals surface area (Å²) in [4.78, 5) is 23.3. The Morgan fingerprint density at radius 3 is 2.28 bits per heavy atom. The first-order chi connectivity index (χ1) is 12.0. The summed E-state index contributed by atoms with van der Waals surface area (Å²) in [5.74, 6) is 0.368. The summed E-state index contributed by atoms with van der Waals surface area (Å²) in [7, 11) is 0. The second-order valence-electron chi connectivity index (χ2n) is 5.43. The third kappa shape index (κ3) is 3.98. The molecule has 3 aromatic rings. The van der Waals surface area contributed by atoms with Crippen LogP contribution < -0.4 is 9.47 Å². The maximum absolute atomic E-state index is 12.1. The van der Waals surface area contributed by atoms with Gasteiger partial charge in [0.2, 0.25) is 0 Å². The number of rotatable bonds is 5. The number of fused-ring (bicyclic) bond motifs is 1. The second kappa shape index (κ2) is 7.36. The molecule has 0 atom stereocenters. The van der Waals surface area contributed by atoms with Gasteiger partial charge in [0, 0.05) is 21.4 Å². The zero-order chi connectivity index (χ0) is 17.8. The number of hydrogen-bond acceptors (Lipinski definition) is 4. The first kappa shape index (κ1) is 17.0. The predicted octanol–water partition coefficient (Wildman–Crippen LogP) is 4.68. The average molecular weight is 355 g/mol. The largest absolute Gasteiger partial charge is 0.482 e. The smallest absolute Gasteiger partial charge is 0.349 e. The van der Waals surface area contributed by atoms with Crippen LogP contribution in [0.25, 0.3) is 10.8 Å². The van der Waals surface area contributed by atoms with Gasteiger partial charge in [-0.1, -0.05) is 35.9 Å². The molecular formula is C20H15ClO4. The highest BCUT2D eigenvalue weighted by Gasteiger charge is 2.11. The number of Topliss-reactive ketones (excluding diaryl/α,β-unsaturated/α-hetero) is 1. The molecule has 0 unspecified atom stereocenters. The minimum atomic E-state index is -0.525. The molecule has 25 heavy (non-hydrogen) atoms. The van der Waals surface area contributed by atoms with Gasteiger partial charge in [-0.25, -0.2) is 4.79 Å². The van der Waals surface area contributed by atoms with Crippen LogP contribution in [0.3, 0.4) is 0 Å². The van der Waals surface area contributed by atoms with Crippen molar-refractivity contribution in [3.05, 3.63) is 71.2 Å². The predicted molar refractivity (Wildman–Crippen MR) is 96.5 cm³/mol. The third-order valence-electron chi connectivity index (χ3n) is 3.67. The number of halogens is 1. The molecule has 0 radical (unpaired) electrons. The van der Waals surface area contributed by atoms with E-state index in [2.05, 4.69) is 0 Å². The lowest BCUT2D eigenvalue weighted by molar-refractivity contribution is -0.136. The SMILES string of the molecule is CC(=O)c1ccc(OCC(=O)Oc2ccc(Cl)c3ccccc23)cc1. The zero-order valence-electron chi connectivity index (χ0n) is 13.5. The number of carbonyl (C=O) groups is 2. The summed E-state index contributed by atoms with van der Waals surface area (Å²) in [5, 5.41) is 2.17. The van der Waals surface area contributed by atoms with E-state index >= 15 is 0 Å². The molecule has 0 aliphatic heterocycles. The monoisotopic (exact) mass is 354 g/mol. The first-order valence-electron chi connectivity index (χ1n) is 7.66. The van der Waals surface area contributed by atoms with E-state index < -0.39 is 5.97 Å². The van der Waals surface area contributed by atoms with Gasteiger partial charge in [-0.05, 0) is 43.3 Å². The van der Waals surface area contributed by atoms with E-state index in [0.717, 1.165) is 10.8 Å². The first-order valence-corrected chi connectivity index (χ1v) is 8.04. The number of benzene rings is 3. The van der Waals surface area contributed by atoms with Gasteiger partial charge >= 0.3 is 5.97 Å². The Kier molecular flexibility index (Phi) is 5.00. The Morgan fingerprint density at radius 2 is 1.60 bits per heavy atom. The molecule has 0 saturated carbocycles. The minimum Gasteiger partial charge on any atom is -0.482 e. The van der Waals surface area contributed by atoms with E-state index in [1.807, 2.05) is 24.3 Å². The molecule has 0 aliphatic carbocycles. The van der Waals surface area contributed by atoms with Crippen molar-refractivity contribution in [1.29, 1.82) is 0 Å². The molecule has 0 aliphatic rings. The van der Waals surface area contributed by atoms with E-state index in [-0.39, 0.29) is 12.4 Å². The fourth-order valence-corrected chi connectivity index (χ4v) is 2.63. The van der Waals surface area contributed by atoms with Crippen molar-refractivity contribution < 1.29 is 19.1 Å². The highest BCUT2D eigenvalue weighted by atomic mass is 35.5. The van der Waals surface area contributed by atoms with Gasteiger partial charge in [-0.2, -0.15) is 0 Å². The molecular weight excluding hydrogens is 340 g/mol. The fraction of sp³-hybridized carbons (Fsp3) is 0.100. The molecule has 0 aromatic heterocycles. The molecule has 0 heterocycles. The molecule has 0 saturated heterocycles. The molecule has 0 amide bonds. The maximum Gasteiger partial charge on any atom is 0.349 e. The highest BCUT2D eigenvalue weighted by molar-refractivity contribution is 6.35. The molecule has 3 aromatic carbocycles. The molecule has 3 rings (SSSR count). The van der Waals surface area contributed by atoms with Gasteiger partial charge in [0.05, 0.1) is 0 Å². The van der Waals surface area contributed by atoms with Gasteiger partial charge in [-0.3, -0.25) is 4.79 Å². The lowest BCUT2D eigenvalue weighted by Gasteiger charge is -2.10. The highest BCUT2D eigenvalue weighted by Crippen LogP contribution is 2.31. The van der Waals surface area contributed by atoms with E-state index in [4.69, 9.17) is 21.1 Å². The van der Waals surface area contributed by atoms with Crippen LogP contribution in [0, 0.1) is 0 Å². The molecule has 5 heteroatoms. The molecule has 4 nitrogen and oxygen atoms in total. The maximum atomic E-state index is 12.1. The van der Waals surface area contributed by atoms with Crippen LogP contribution in [0.15, 0.2) is 60.7 Å². The van der Waals surface area contributed by atoms with E-state index in [0.29, 0.717) is 22.1 Å². The van der Waals surface area contributed by atoms with Gasteiger partial charge in [0.15, 0.2) is 12.4 Å². The van der Waals surface area contributed by atoms with E-state index in [9.17, 15) is 9.59 Å². The minimum absolute atomic E-state index is 0.0272. The molecule has 0 fully saturated rings. The van der Waals surface area contributed by atoms with Gasteiger partial charge in [0.25, 0.3) is 0 Å². The van der Waals surface area contributed by atoms with Crippen LogP contribution in [-0.2, 0) is 4.79 Å². The number of ketones is 1. The van der Waals surface area contributed by atoms with E-state index in [1.54, 1.807) is 36.4 Å². The van der Waals surface area contributed by atoms with Gasteiger partial charge in [-0.15, -0.1) is 0 Å². The Morgan fingerprint density at radius 1 is 0.920 bits per heavy atom. The number of carbonyl (C=O) groups excluding carboxylic acids is 2. The number of esters is 1. The summed E-state index contributed by atoms with van der Waals surface area (Å²) in [6, 6.07) is 17.3. The van der Waals surface area contributed by atoms with Crippen LogP contribution in [0.5, 0.6) is 11.5 Å². The average Bonchev–Trinajstić information content (AvgIpc) is 2.63. The lowest BCUT2D eigenvalue weighted by atomic mass is 10.1. The van der Waals surface area contributed by atoms with Crippen LogP contribution in [-0.4, -0.2) is 18.4 Å². The quantitative estimate of drug-likeness (QED) is 0.379. The summed E-state index contributed by atoms with van der Waals surface area (Å²) < 4.78 is 10.8. The zero-order valence-corrected chi connectivity index (χ0v) is 14.2. The Hall–Kier alpha value is -2.85. The summed E-state index contributed by atoms with van der Waals surface area (Å²) >= 11 is 6.15. The Bertz CT molecular complexity index is 932. The standard InChI is InChI=1S/C20H15ClO4/c1-13(22)14-6-8-15(9-7-14)24-12-20(23)25-19-11-10-18(21)16-4-2-3-5-17(16)19/h2-11H,12H2,1H3. The Balaban J connectivity index is 1.67. The lowest BCUT2D eigenvalue weighted by Crippen LogP contribution is -2.17. The summed E-state index contributed by atoms with van der Waals surface area (Å²) in [6.07, 6.45) is 0. The van der Waals surface area contributed by atoms with Crippen molar-refractivity contribution in [1.82, 2.24) is 0 Å². The summed E-state index contributed by atoms with van der Waals surface area (Å²) in [6.45, 7) is 1.25. The van der Waals surface area contributed by atoms with Gasteiger partial charge in [0.1, 0.15) is 11.5 Å². The third-order valence-corrected chi connectivity index (χ3v) is 4.00. The molecule has 126 valence electrons. The fourth-order valence-electron chi connectivity index (χ4n) is 2.40. The number of hydrogen-bond donors (Lipinski definition) is 0. The number of ether oxygens (including phenoxy) is 2. The van der Waals surface area contributed by atoms with E-state index in [1.165, 1.54) is 6.92 Å². The Labute approximate surface area is 149 Å². The molecule has 0 bridgehead atoms. The van der Waals surface area contributed by atoms with Crippen molar-refractivity contribution in [2.45, 2.75) is 6.92 Å². The van der Waals surface area contributed by atoms with Crippen molar-refractivity contribution >= 4 is 34.1 Å². The topological polar surface area (TPSA) is 52.6 Å². The summed E-state index contributed by atoms with van der Waals surface area (Å²) in [5.41, 5.74) is 0.586. The van der Waals surface area contributed by atoms with Crippen molar-refractivity contribution in [3.8, 4) is 11.5 Å². The normalized spacial score (nSPS) is 10.5.